The highest BCUT2D eigenvalue weighted by molar-refractivity contribution is 8.00. The van der Waals surface area contributed by atoms with Crippen LogP contribution in [0.5, 0.6) is 0 Å². The minimum atomic E-state index is -0.781. The molecular formula is C28H21FN4O4S2. The number of imide groups is 1. The Morgan fingerprint density at radius 1 is 1.03 bits per heavy atom. The van der Waals surface area contributed by atoms with E-state index in [4.69, 9.17) is 0 Å². The van der Waals surface area contributed by atoms with Crippen LogP contribution in [0, 0.1) is 18.7 Å². The first-order valence-electron chi connectivity index (χ1n) is 12.1. The van der Waals surface area contributed by atoms with Crippen molar-refractivity contribution < 1.29 is 18.8 Å². The molecule has 39 heavy (non-hydrogen) atoms. The lowest BCUT2D eigenvalue weighted by Gasteiger charge is -2.30. The van der Waals surface area contributed by atoms with E-state index in [0.717, 1.165) is 28.7 Å². The van der Waals surface area contributed by atoms with Crippen LogP contribution in [-0.2, 0) is 20.9 Å². The van der Waals surface area contributed by atoms with Crippen LogP contribution in [0.1, 0.15) is 21.9 Å². The molecule has 2 aromatic heterocycles. The molecule has 0 saturated carbocycles. The fourth-order valence-corrected chi connectivity index (χ4v) is 7.77. The number of thiazole rings is 1. The maximum absolute atomic E-state index is 13.8. The van der Waals surface area contributed by atoms with E-state index >= 15 is 0 Å². The third-order valence-electron chi connectivity index (χ3n) is 6.81. The maximum Gasteiger partial charge on any atom is 0.308 e. The van der Waals surface area contributed by atoms with Gasteiger partial charge in [-0.1, -0.05) is 46.9 Å². The molecule has 0 radical (unpaired) electrons. The average molecular weight is 561 g/mol. The van der Waals surface area contributed by atoms with E-state index in [0.29, 0.717) is 26.8 Å². The molecule has 3 amide bonds. The molecule has 0 spiro atoms. The largest absolute Gasteiger partial charge is 0.325 e. The highest BCUT2D eigenvalue weighted by atomic mass is 32.2. The van der Waals surface area contributed by atoms with Crippen LogP contribution in [0.2, 0.25) is 0 Å². The van der Waals surface area contributed by atoms with Gasteiger partial charge in [-0.25, -0.2) is 9.29 Å². The number of fused-ring (bicyclic) bond motifs is 2. The highest BCUT2D eigenvalue weighted by Crippen LogP contribution is 2.53. The van der Waals surface area contributed by atoms with Gasteiger partial charge in [0.05, 0.1) is 16.6 Å². The van der Waals surface area contributed by atoms with Gasteiger partial charge >= 0.3 is 4.87 Å². The lowest BCUT2D eigenvalue weighted by molar-refractivity contribution is -0.122. The van der Waals surface area contributed by atoms with Gasteiger partial charge in [0, 0.05) is 28.9 Å². The highest BCUT2D eigenvalue weighted by Gasteiger charge is 2.56. The van der Waals surface area contributed by atoms with Gasteiger partial charge in [0.1, 0.15) is 17.6 Å². The Balaban J connectivity index is 1.39. The maximum atomic E-state index is 13.8. The van der Waals surface area contributed by atoms with Crippen molar-refractivity contribution in [1.82, 2.24) is 9.55 Å². The number of anilines is 2. The quantitative estimate of drug-likeness (QED) is 0.368. The summed E-state index contributed by atoms with van der Waals surface area (Å²) < 4.78 is 14.6. The molecule has 2 aliphatic heterocycles. The number of rotatable bonds is 5. The van der Waals surface area contributed by atoms with E-state index in [1.165, 1.54) is 33.7 Å². The first kappa shape index (κ1) is 25.2. The van der Waals surface area contributed by atoms with Gasteiger partial charge in [-0.3, -0.25) is 28.7 Å². The molecule has 1 N–H and O–H groups in total. The molecule has 4 heterocycles. The molecule has 0 aliphatic carbocycles. The van der Waals surface area contributed by atoms with E-state index in [2.05, 4.69) is 10.3 Å². The smallest absolute Gasteiger partial charge is 0.308 e. The van der Waals surface area contributed by atoms with E-state index in [-0.39, 0.29) is 23.2 Å². The number of carbonyl (C=O) groups is 3. The van der Waals surface area contributed by atoms with Gasteiger partial charge in [0.25, 0.3) is 0 Å². The van der Waals surface area contributed by atoms with Crippen molar-refractivity contribution in [1.29, 1.82) is 0 Å². The van der Waals surface area contributed by atoms with Crippen LogP contribution in [0.15, 0.2) is 82.9 Å². The summed E-state index contributed by atoms with van der Waals surface area (Å²) in [6.07, 6.45) is 3.26. The molecule has 1 saturated heterocycles. The van der Waals surface area contributed by atoms with Crippen LogP contribution < -0.4 is 15.1 Å². The van der Waals surface area contributed by atoms with Crippen LogP contribution in [0.4, 0.5) is 15.8 Å². The van der Waals surface area contributed by atoms with Crippen molar-refractivity contribution in [3.05, 3.63) is 105 Å². The second-order valence-electron chi connectivity index (χ2n) is 9.35. The SMILES string of the molecule is Cc1ccc(N2C(=O)[C@H]3[C@H](c4cccnc4)c4sc(=O)n(CC(=O)Nc5ccc(F)cc5)c4S[C@H]3C2=O)cc1. The zero-order chi connectivity index (χ0) is 27.3. The first-order chi connectivity index (χ1) is 18.8. The minimum absolute atomic E-state index is 0.296. The normalized spacial score (nSPS) is 20.1. The Hall–Kier alpha value is -4.09. The summed E-state index contributed by atoms with van der Waals surface area (Å²) in [6.45, 7) is 1.63. The van der Waals surface area contributed by atoms with Crippen LogP contribution in [0.25, 0.3) is 0 Å². The van der Waals surface area contributed by atoms with Gasteiger partial charge in [-0.05, 0) is 55.0 Å². The number of halogens is 1. The van der Waals surface area contributed by atoms with Crippen molar-refractivity contribution >= 4 is 52.2 Å². The molecule has 8 nitrogen and oxygen atoms in total. The molecule has 1 fully saturated rings. The van der Waals surface area contributed by atoms with Gasteiger partial charge in [0.15, 0.2) is 0 Å². The summed E-state index contributed by atoms with van der Waals surface area (Å²) in [4.78, 5) is 59.2. The van der Waals surface area contributed by atoms with Gasteiger partial charge < -0.3 is 5.32 Å². The molecule has 3 atom stereocenters. The van der Waals surface area contributed by atoms with Crippen LogP contribution >= 0.6 is 23.1 Å². The van der Waals surface area contributed by atoms with Gasteiger partial charge in [-0.15, -0.1) is 0 Å². The predicted octanol–water partition coefficient (Wildman–Crippen LogP) is 4.19. The van der Waals surface area contributed by atoms with E-state index in [1.54, 1.807) is 30.6 Å². The number of thioether (sulfide) groups is 1. The third kappa shape index (κ3) is 4.47. The third-order valence-corrected chi connectivity index (χ3v) is 9.42. The van der Waals surface area contributed by atoms with Crippen molar-refractivity contribution in [3.63, 3.8) is 0 Å². The molecule has 2 aromatic carbocycles. The molecule has 4 aromatic rings. The van der Waals surface area contributed by atoms with Crippen LogP contribution in [0.3, 0.4) is 0 Å². The van der Waals surface area contributed by atoms with E-state index in [1.807, 2.05) is 25.1 Å². The van der Waals surface area contributed by atoms with Gasteiger partial charge in [-0.2, -0.15) is 0 Å². The number of aryl methyl sites for hydroxylation is 1. The number of hydrogen-bond acceptors (Lipinski definition) is 7. The number of nitrogens with one attached hydrogen (secondary N) is 1. The molecule has 0 bridgehead atoms. The number of hydrogen-bond donors (Lipinski definition) is 1. The summed E-state index contributed by atoms with van der Waals surface area (Å²) in [5, 5.41) is 2.38. The molecule has 11 heteroatoms. The fourth-order valence-electron chi connectivity index (χ4n) is 5.00. The second-order valence-corrected chi connectivity index (χ2v) is 11.5. The van der Waals surface area contributed by atoms with Crippen molar-refractivity contribution in [3.8, 4) is 0 Å². The Bertz CT molecular complexity index is 1650. The molecule has 196 valence electrons. The topological polar surface area (TPSA) is 101 Å². The summed E-state index contributed by atoms with van der Waals surface area (Å²) in [5.74, 6) is -2.91. The Labute approximate surface area is 230 Å². The first-order valence-corrected chi connectivity index (χ1v) is 13.8. The number of carbonyl (C=O) groups excluding carboxylic acids is 3. The number of amides is 3. The molecular weight excluding hydrogens is 539 g/mol. The summed E-state index contributed by atoms with van der Waals surface area (Å²) in [7, 11) is 0. The Kier molecular flexibility index (Phi) is 6.40. The minimum Gasteiger partial charge on any atom is -0.325 e. The second kappa shape index (κ2) is 9.90. The Morgan fingerprint density at radius 3 is 2.46 bits per heavy atom. The number of nitrogens with zero attached hydrogens (tertiary/aromatic N) is 3. The lowest BCUT2D eigenvalue weighted by Crippen LogP contribution is -2.33. The van der Waals surface area contributed by atoms with E-state index < -0.39 is 28.8 Å². The Morgan fingerprint density at radius 2 is 1.77 bits per heavy atom. The number of benzene rings is 2. The van der Waals surface area contributed by atoms with Crippen molar-refractivity contribution in [2.75, 3.05) is 10.2 Å². The zero-order valence-corrected chi connectivity index (χ0v) is 22.2. The standard InChI is InChI=1S/C28H21FN4O4S2/c1-15-4-10-19(11-5-15)33-25(35)22-21(16-3-2-12-30-13-16)24-27(38-23(22)26(33)36)32(28(37)39-24)14-20(34)31-18-8-6-17(29)7-9-18/h2-13,21-23H,14H2,1H3,(H,31,34)/t21-,22-,23+/m0/s1. The monoisotopic (exact) mass is 560 g/mol. The fraction of sp³-hybridized carbons (Fsp3) is 0.179. The molecule has 2 aliphatic rings. The van der Waals surface area contributed by atoms with Gasteiger partial charge in [0.2, 0.25) is 17.7 Å². The predicted molar refractivity (Wildman–Crippen MR) is 146 cm³/mol. The lowest BCUT2D eigenvalue weighted by atomic mass is 9.84. The summed E-state index contributed by atoms with van der Waals surface area (Å²) in [6, 6.07) is 16.1. The number of aromatic nitrogens is 2. The summed E-state index contributed by atoms with van der Waals surface area (Å²) >= 11 is 2.12. The molecule has 0 unspecified atom stereocenters. The molecule has 6 rings (SSSR count). The van der Waals surface area contributed by atoms with E-state index in [9.17, 15) is 23.6 Å². The van der Waals surface area contributed by atoms with Crippen molar-refractivity contribution in [2.24, 2.45) is 5.92 Å². The average Bonchev–Trinajstić information content (AvgIpc) is 3.37. The van der Waals surface area contributed by atoms with Crippen molar-refractivity contribution in [2.45, 2.75) is 29.7 Å². The zero-order valence-electron chi connectivity index (χ0n) is 20.5. The van der Waals surface area contributed by atoms with Crippen LogP contribution in [-0.4, -0.2) is 32.5 Å². The summed E-state index contributed by atoms with van der Waals surface area (Å²) in [5.41, 5.74) is 2.60. The number of pyridine rings is 1.